The van der Waals surface area contributed by atoms with Crippen molar-refractivity contribution in [3.63, 3.8) is 0 Å². The zero-order chi connectivity index (χ0) is 11.7. The largest absolute Gasteiger partial charge is 0.464 e. The van der Waals surface area contributed by atoms with Gasteiger partial charge in [0.2, 0.25) is 0 Å². The molecule has 0 unspecified atom stereocenters. The summed E-state index contributed by atoms with van der Waals surface area (Å²) in [6.07, 6.45) is 1.10. The van der Waals surface area contributed by atoms with Gasteiger partial charge >= 0.3 is 11.7 Å². The van der Waals surface area contributed by atoms with Crippen molar-refractivity contribution in [2.45, 2.75) is 0 Å². The molecule has 0 aromatic carbocycles. The van der Waals surface area contributed by atoms with Gasteiger partial charge in [-0.05, 0) is 0 Å². The molecule has 0 aliphatic heterocycles. The Kier molecular flexibility index (Phi) is 2.24. The van der Waals surface area contributed by atoms with Crippen molar-refractivity contribution < 1.29 is 9.53 Å². The molecular formula is C8H6N4O4. The van der Waals surface area contributed by atoms with Gasteiger partial charge in [-0.3, -0.25) is 14.8 Å². The summed E-state index contributed by atoms with van der Waals surface area (Å²) in [6.45, 7) is 0. The summed E-state index contributed by atoms with van der Waals surface area (Å²) < 4.78 is 4.43. The van der Waals surface area contributed by atoms with E-state index in [1.54, 1.807) is 0 Å². The van der Waals surface area contributed by atoms with Crippen molar-refractivity contribution in [3.05, 3.63) is 32.7 Å². The van der Waals surface area contributed by atoms with Gasteiger partial charge < -0.3 is 4.74 Å². The van der Waals surface area contributed by atoms with Crippen LogP contribution in [0, 0.1) is 0 Å². The minimum atomic E-state index is -0.714. The Morgan fingerprint density at radius 3 is 2.81 bits per heavy atom. The highest BCUT2D eigenvalue weighted by Gasteiger charge is 2.10. The van der Waals surface area contributed by atoms with E-state index in [1.807, 2.05) is 4.98 Å². The number of esters is 1. The highest BCUT2D eigenvalue weighted by atomic mass is 16.5. The first-order valence-electron chi connectivity index (χ1n) is 4.19. The van der Waals surface area contributed by atoms with Crippen LogP contribution in [0.2, 0.25) is 0 Å². The van der Waals surface area contributed by atoms with E-state index in [9.17, 15) is 14.4 Å². The number of hydrogen-bond donors (Lipinski definition) is 2. The van der Waals surface area contributed by atoms with Crippen molar-refractivity contribution >= 4 is 17.1 Å². The monoisotopic (exact) mass is 222 g/mol. The van der Waals surface area contributed by atoms with Gasteiger partial charge in [0.05, 0.1) is 13.3 Å². The minimum absolute atomic E-state index is 0.0488. The van der Waals surface area contributed by atoms with Crippen molar-refractivity contribution in [2.24, 2.45) is 0 Å². The lowest BCUT2D eigenvalue weighted by Gasteiger charge is -1.98. The maximum Gasteiger partial charge on any atom is 0.358 e. The molecule has 0 radical (unpaired) electrons. The lowest BCUT2D eigenvalue weighted by molar-refractivity contribution is 0.0594. The van der Waals surface area contributed by atoms with Crippen LogP contribution in [0.4, 0.5) is 0 Å². The molecule has 0 amide bonds. The average Bonchev–Trinajstić information content (AvgIpc) is 2.27. The second kappa shape index (κ2) is 3.57. The van der Waals surface area contributed by atoms with Crippen LogP contribution in [0.3, 0.4) is 0 Å². The van der Waals surface area contributed by atoms with Crippen LogP contribution in [0.5, 0.6) is 0 Å². The van der Waals surface area contributed by atoms with Gasteiger partial charge in [-0.25, -0.2) is 19.6 Å². The Balaban J connectivity index is 2.76. The molecule has 0 fully saturated rings. The summed E-state index contributed by atoms with van der Waals surface area (Å²) in [5, 5.41) is 0. The number of nitrogens with zero attached hydrogens (tertiary/aromatic N) is 2. The van der Waals surface area contributed by atoms with Gasteiger partial charge in [-0.2, -0.15) is 0 Å². The first kappa shape index (κ1) is 10.0. The Bertz CT molecular complexity index is 672. The molecule has 0 bridgehead atoms. The van der Waals surface area contributed by atoms with Gasteiger partial charge in [0, 0.05) is 0 Å². The highest BCUT2D eigenvalue weighted by Crippen LogP contribution is 2.00. The fourth-order valence-electron chi connectivity index (χ4n) is 1.15. The van der Waals surface area contributed by atoms with Crippen molar-refractivity contribution in [2.75, 3.05) is 7.11 Å². The first-order chi connectivity index (χ1) is 7.61. The topological polar surface area (TPSA) is 118 Å². The van der Waals surface area contributed by atoms with Gasteiger partial charge in [0.25, 0.3) is 5.56 Å². The second-order valence-corrected chi connectivity index (χ2v) is 2.85. The molecule has 0 saturated heterocycles. The summed E-state index contributed by atoms with van der Waals surface area (Å²) in [5.74, 6) is -0.699. The van der Waals surface area contributed by atoms with E-state index >= 15 is 0 Å². The number of aromatic amines is 2. The van der Waals surface area contributed by atoms with Crippen LogP contribution in [0.15, 0.2) is 15.8 Å². The number of ether oxygens (including phenoxy) is 1. The number of aromatic nitrogens is 4. The third-order valence-corrected chi connectivity index (χ3v) is 1.84. The molecule has 8 heteroatoms. The SMILES string of the molecule is COC(=O)c1cnc2c(=O)[nH]c(=O)[nH]c2n1. The number of H-pyrrole nitrogens is 2. The summed E-state index contributed by atoms with van der Waals surface area (Å²) in [7, 11) is 1.19. The quantitative estimate of drug-likeness (QED) is 0.584. The predicted octanol–water partition coefficient (Wildman–Crippen LogP) is -1.21. The smallest absolute Gasteiger partial charge is 0.358 e. The normalized spacial score (nSPS) is 10.3. The van der Waals surface area contributed by atoms with Gasteiger partial charge in [-0.15, -0.1) is 0 Å². The lowest BCUT2D eigenvalue weighted by atomic mass is 10.4. The third-order valence-electron chi connectivity index (χ3n) is 1.84. The standard InChI is InChI=1S/C8H6N4O4/c1-16-7(14)3-2-9-4-5(10-3)11-8(15)12-6(4)13/h2H,1H3,(H2,10,11,12,13,15). The third kappa shape index (κ3) is 1.56. The predicted molar refractivity (Wildman–Crippen MR) is 52.1 cm³/mol. The molecule has 16 heavy (non-hydrogen) atoms. The van der Waals surface area contributed by atoms with Crippen LogP contribution >= 0.6 is 0 Å². The Labute approximate surface area is 87.3 Å². The van der Waals surface area contributed by atoms with Crippen molar-refractivity contribution in [1.82, 2.24) is 19.9 Å². The van der Waals surface area contributed by atoms with Gasteiger partial charge in [0.15, 0.2) is 16.9 Å². The maximum atomic E-state index is 11.3. The van der Waals surface area contributed by atoms with E-state index in [-0.39, 0.29) is 16.9 Å². The fraction of sp³-hybridized carbons (Fsp3) is 0.125. The molecule has 0 saturated carbocycles. The van der Waals surface area contributed by atoms with Crippen LogP contribution in [-0.2, 0) is 4.74 Å². The first-order valence-corrected chi connectivity index (χ1v) is 4.19. The van der Waals surface area contributed by atoms with Crippen molar-refractivity contribution in [1.29, 1.82) is 0 Å². The molecule has 2 N–H and O–H groups in total. The Hall–Kier alpha value is -2.51. The molecule has 0 aliphatic rings. The van der Waals surface area contributed by atoms with Crippen molar-refractivity contribution in [3.8, 4) is 0 Å². The minimum Gasteiger partial charge on any atom is -0.464 e. The number of methoxy groups -OCH3 is 1. The molecule has 82 valence electrons. The molecule has 8 nitrogen and oxygen atoms in total. The number of carbonyl (C=O) groups excluding carboxylic acids is 1. The average molecular weight is 222 g/mol. The van der Waals surface area contributed by atoms with Gasteiger partial charge in [0.1, 0.15) is 0 Å². The zero-order valence-corrected chi connectivity index (χ0v) is 8.10. The van der Waals surface area contributed by atoms with Crippen LogP contribution in [0.25, 0.3) is 11.2 Å². The summed E-state index contributed by atoms with van der Waals surface area (Å²) >= 11 is 0. The molecule has 2 aromatic rings. The van der Waals surface area contributed by atoms with Crippen LogP contribution in [-0.4, -0.2) is 33.0 Å². The second-order valence-electron chi connectivity index (χ2n) is 2.85. The van der Waals surface area contributed by atoms with E-state index in [0.717, 1.165) is 6.20 Å². The fourth-order valence-corrected chi connectivity index (χ4v) is 1.15. The number of rotatable bonds is 1. The number of nitrogens with one attached hydrogen (secondary N) is 2. The van der Waals surface area contributed by atoms with E-state index in [4.69, 9.17) is 0 Å². The molecule has 2 rings (SSSR count). The molecule has 0 spiro atoms. The van der Waals surface area contributed by atoms with E-state index in [1.165, 1.54) is 7.11 Å². The Morgan fingerprint density at radius 2 is 2.12 bits per heavy atom. The molecule has 2 aromatic heterocycles. The molecule has 0 atom stereocenters. The maximum absolute atomic E-state index is 11.3. The summed E-state index contributed by atoms with van der Waals surface area (Å²) in [6, 6.07) is 0. The molecule has 2 heterocycles. The number of fused-ring (bicyclic) bond motifs is 1. The van der Waals surface area contributed by atoms with Gasteiger partial charge in [-0.1, -0.05) is 0 Å². The van der Waals surface area contributed by atoms with Crippen LogP contribution < -0.4 is 11.2 Å². The Morgan fingerprint density at radius 1 is 1.38 bits per heavy atom. The highest BCUT2D eigenvalue weighted by molar-refractivity contribution is 5.88. The zero-order valence-electron chi connectivity index (χ0n) is 8.10. The summed E-state index contributed by atoms with van der Waals surface area (Å²) in [5.41, 5.74) is -1.57. The number of carbonyl (C=O) groups is 1. The summed E-state index contributed by atoms with van der Waals surface area (Å²) in [4.78, 5) is 45.1. The lowest BCUT2D eigenvalue weighted by Crippen LogP contribution is -2.23. The van der Waals surface area contributed by atoms with E-state index < -0.39 is 17.2 Å². The molecule has 0 aliphatic carbocycles. The van der Waals surface area contributed by atoms with E-state index in [0.29, 0.717) is 0 Å². The molecular weight excluding hydrogens is 216 g/mol. The van der Waals surface area contributed by atoms with E-state index in [2.05, 4.69) is 19.7 Å². The number of hydrogen-bond acceptors (Lipinski definition) is 6. The van der Waals surface area contributed by atoms with Crippen LogP contribution in [0.1, 0.15) is 10.5 Å².